The molecule has 0 aliphatic carbocycles. The lowest BCUT2D eigenvalue weighted by atomic mass is 10.1. The Hall–Kier alpha value is -1.75. The van der Waals surface area contributed by atoms with Crippen molar-refractivity contribution in [1.82, 2.24) is 5.16 Å². The number of hydrogen-bond donors (Lipinski definition) is 1. The molecule has 2 N–H and O–H groups in total. The molecular formula is C10H8F2N2O. The van der Waals surface area contributed by atoms with Crippen molar-refractivity contribution in [1.29, 1.82) is 0 Å². The standard InChI is InChI=1S/C10H8F2N2O/c11-7-1-2-9(12)8(3-7)10-6(4-13)5-14-15-10/h1-3,5H,4,13H2. The molecule has 15 heavy (non-hydrogen) atoms. The maximum atomic E-state index is 13.4. The Balaban J connectivity index is 2.58. The predicted molar refractivity (Wildman–Crippen MR) is 49.7 cm³/mol. The Morgan fingerprint density at radius 3 is 2.87 bits per heavy atom. The summed E-state index contributed by atoms with van der Waals surface area (Å²) >= 11 is 0. The summed E-state index contributed by atoms with van der Waals surface area (Å²) < 4.78 is 31.1. The van der Waals surface area contributed by atoms with E-state index in [1.165, 1.54) is 6.20 Å². The van der Waals surface area contributed by atoms with Crippen molar-refractivity contribution in [2.75, 3.05) is 0 Å². The van der Waals surface area contributed by atoms with E-state index in [4.69, 9.17) is 10.3 Å². The molecule has 5 heteroatoms. The molecule has 0 bridgehead atoms. The molecule has 78 valence electrons. The van der Waals surface area contributed by atoms with E-state index in [1.807, 2.05) is 0 Å². The zero-order chi connectivity index (χ0) is 10.8. The van der Waals surface area contributed by atoms with Gasteiger partial charge in [-0.2, -0.15) is 0 Å². The highest BCUT2D eigenvalue weighted by molar-refractivity contribution is 5.61. The van der Waals surface area contributed by atoms with Gasteiger partial charge in [-0.3, -0.25) is 0 Å². The van der Waals surface area contributed by atoms with E-state index in [-0.39, 0.29) is 17.9 Å². The minimum absolute atomic E-state index is 0.0351. The van der Waals surface area contributed by atoms with Crippen LogP contribution in [-0.4, -0.2) is 5.16 Å². The van der Waals surface area contributed by atoms with Crippen LogP contribution in [0.1, 0.15) is 5.56 Å². The summed E-state index contributed by atoms with van der Waals surface area (Å²) in [6.07, 6.45) is 1.39. The van der Waals surface area contributed by atoms with Crippen LogP contribution in [0, 0.1) is 11.6 Å². The lowest BCUT2D eigenvalue weighted by Crippen LogP contribution is -1.97. The fourth-order valence-electron chi connectivity index (χ4n) is 1.30. The number of aromatic nitrogens is 1. The average molecular weight is 210 g/mol. The number of nitrogens with two attached hydrogens (primary N) is 1. The Morgan fingerprint density at radius 1 is 1.33 bits per heavy atom. The minimum atomic E-state index is -0.567. The quantitative estimate of drug-likeness (QED) is 0.825. The number of hydrogen-bond acceptors (Lipinski definition) is 3. The highest BCUT2D eigenvalue weighted by Gasteiger charge is 2.14. The molecule has 2 rings (SSSR count). The molecule has 0 aliphatic rings. The van der Waals surface area contributed by atoms with Gasteiger partial charge in [0.1, 0.15) is 11.6 Å². The zero-order valence-corrected chi connectivity index (χ0v) is 7.71. The van der Waals surface area contributed by atoms with Gasteiger partial charge in [-0.05, 0) is 18.2 Å². The molecule has 0 saturated heterocycles. The van der Waals surface area contributed by atoms with Crippen LogP contribution in [0.25, 0.3) is 11.3 Å². The Labute approximate surface area is 84.5 Å². The molecule has 2 aromatic rings. The maximum Gasteiger partial charge on any atom is 0.174 e. The molecule has 0 atom stereocenters. The summed E-state index contributed by atoms with van der Waals surface area (Å²) in [6.45, 7) is 0.161. The molecule has 0 aliphatic heterocycles. The van der Waals surface area contributed by atoms with Crippen LogP contribution in [0.3, 0.4) is 0 Å². The van der Waals surface area contributed by atoms with Crippen molar-refractivity contribution in [3.8, 4) is 11.3 Å². The number of nitrogens with zero attached hydrogens (tertiary/aromatic N) is 1. The predicted octanol–water partition coefficient (Wildman–Crippen LogP) is 2.08. The first-order chi connectivity index (χ1) is 7.22. The van der Waals surface area contributed by atoms with E-state index in [0.717, 1.165) is 18.2 Å². The van der Waals surface area contributed by atoms with E-state index in [2.05, 4.69) is 5.16 Å². The monoisotopic (exact) mass is 210 g/mol. The third kappa shape index (κ3) is 1.73. The molecule has 0 radical (unpaired) electrons. The molecule has 0 spiro atoms. The van der Waals surface area contributed by atoms with Crippen LogP contribution in [0.15, 0.2) is 28.9 Å². The number of benzene rings is 1. The Kier molecular flexibility index (Phi) is 2.47. The van der Waals surface area contributed by atoms with Gasteiger partial charge in [0.15, 0.2) is 5.76 Å². The highest BCUT2D eigenvalue weighted by atomic mass is 19.1. The van der Waals surface area contributed by atoms with Gasteiger partial charge in [0.05, 0.1) is 11.8 Å². The lowest BCUT2D eigenvalue weighted by molar-refractivity contribution is 0.428. The summed E-state index contributed by atoms with van der Waals surface area (Å²) in [4.78, 5) is 0. The molecule has 0 amide bonds. The summed E-state index contributed by atoms with van der Waals surface area (Å²) in [7, 11) is 0. The Bertz CT molecular complexity index is 482. The van der Waals surface area contributed by atoms with Crippen LogP contribution in [0.5, 0.6) is 0 Å². The van der Waals surface area contributed by atoms with Gasteiger partial charge in [0.2, 0.25) is 0 Å². The largest absolute Gasteiger partial charge is 0.356 e. The van der Waals surface area contributed by atoms with E-state index >= 15 is 0 Å². The van der Waals surface area contributed by atoms with Crippen LogP contribution in [0.2, 0.25) is 0 Å². The topological polar surface area (TPSA) is 52.0 Å². The van der Waals surface area contributed by atoms with Crippen molar-refractivity contribution in [2.45, 2.75) is 6.54 Å². The van der Waals surface area contributed by atoms with Crippen LogP contribution < -0.4 is 5.73 Å². The molecule has 0 fully saturated rings. The molecule has 1 aromatic heterocycles. The van der Waals surface area contributed by atoms with Gasteiger partial charge in [-0.1, -0.05) is 5.16 Å². The Morgan fingerprint density at radius 2 is 2.13 bits per heavy atom. The van der Waals surface area contributed by atoms with Crippen LogP contribution >= 0.6 is 0 Å². The first-order valence-corrected chi connectivity index (χ1v) is 4.31. The van der Waals surface area contributed by atoms with Gasteiger partial charge in [-0.25, -0.2) is 8.78 Å². The fourth-order valence-corrected chi connectivity index (χ4v) is 1.30. The third-order valence-corrected chi connectivity index (χ3v) is 2.04. The van der Waals surface area contributed by atoms with E-state index < -0.39 is 11.6 Å². The highest BCUT2D eigenvalue weighted by Crippen LogP contribution is 2.26. The van der Waals surface area contributed by atoms with E-state index in [9.17, 15) is 8.78 Å². The smallest absolute Gasteiger partial charge is 0.174 e. The van der Waals surface area contributed by atoms with Crippen molar-refractivity contribution < 1.29 is 13.3 Å². The normalized spacial score (nSPS) is 10.6. The van der Waals surface area contributed by atoms with Crippen molar-refractivity contribution in [3.05, 3.63) is 41.6 Å². The first kappa shape index (κ1) is 9.79. The maximum absolute atomic E-state index is 13.4. The van der Waals surface area contributed by atoms with Gasteiger partial charge in [0, 0.05) is 12.1 Å². The van der Waals surface area contributed by atoms with Gasteiger partial charge >= 0.3 is 0 Å². The van der Waals surface area contributed by atoms with Gasteiger partial charge < -0.3 is 10.3 Å². The summed E-state index contributed by atoms with van der Waals surface area (Å²) in [5, 5.41) is 3.50. The summed E-state index contributed by atoms with van der Waals surface area (Å²) in [6, 6.07) is 3.12. The fraction of sp³-hybridized carbons (Fsp3) is 0.100. The van der Waals surface area contributed by atoms with E-state index in [1.54, 1.807) is 0 Å². The zero-order valence-electron chi connectivity index (χ0n) is 7.71. The molecule has 0 unspecified atom stereocenters. The molecule has 3 nitrogen and oxygen atoms in total. The number of rotatable bonds is 2. The minimum Gasteiger partial charge on any atom is -0.356 e. The molecule has 0 saturated carbocycles. The average Bonchev–Trinajstić information content (AvgIpc) is 2.69. The first-order valence-electron chi connectivity index (χ1n) is 4.31. The molecule has 1 aromatic carbocycles. The van der Waals surface area contributed by atoms with Crippen LogP contribution in [-0.2, 0) is 6.54 Å². The second kappa shape index (κ2) is 3.78. The summed E-state index contributed by atoms with van der Waals surface area (Å²) in [5.41, 5.74) is 5.98. The molecular weight excluding hydrogens is 202 g/mol. The number of halogens is 2. The van der Waals surface area contributed by atoms with Crippen molar-refractivity contribution in [2.24, 2.45) is 5.73 Å². The summed E-state index contributed by atoms with van der Waals surface area (Å²) in [5.74, 6) is -0.928. The van der Waals surface area contributed by atoms with Crippen molar-refractivity contribution in [3.63, 3.8) is 0 Å². The van der Waals surface area contributed by atoms with Gasteiger partial charge in [0.25, 0.3) is 0 Å². The van der Waals surface area contributed by atoms with Crippen LogP contribution in [0.4, 0.5) is 8.78 Å². The third-order valence-electron chi connectivity index (χ3n) is 2.04. The van der Waals surface area contributed by atoms with Gasteiger partial charge in [-0.15, -0.1) is 0 Å². The second-order valence-corrected chi connectivity index (χ2v) is 3.01. The van der Waals surface area contributed by atoms with Crippen molar-refractivity contribution >= 4 is 0 Å². The second-order valence-electron chi connectivity index (χ2n) is 3.01. The molecule has 1 heterocycles. The lowest BCUT2D eigenvalue weighted by Gasteiger charge is -2.00. The van der Waals surface area contributed by atoms with E-state index in [0.29, 0.717) is 5.56 Å². The SMILES string of the molecule is NCc1cnoc1-c1cc(F)ccc1F.